The number of aryl methyl sites for hydroxylation is 1. The van der Waals surface area contributed by atoms with Crippen LogP contribution in [0.2, 0.25) is 5.02 Å². The van der Waals surface area contributed by atoms with Crippen LogP contribution in [0.15, 0.2) is 65.5 Å². The third kappa shape index (κ3) is 4.80. The van der Waals surface area contributed by atoms with Crippen LogP contribution in [0.3, 0.4) is 0 Å². The summed E-state index contributed by atoms with van der Waals surface area (Å²) < 4.78 is 1.36. The molecule has 0 unspecified atom stereocenters. The maximum atomic E-state index is 12.8. The average Bonchev–Trinajstić information content (AvgIpc) is 2.80. The molecule has 0 aliphatic carbocycles. The van der Waals surface area contributed by atoms with Crippen LogP contribution in [0.25, 0.3) is 5.69 Å². The largest absolute Gasteiger partial charge is 0.355 e. The Bertz CT molecular complexity index is 1140. The number of nitrogens with zero attached hydrogens (tertiary/aromatic N) is 3. The second-order valence-corrected chi connectivity index (χ2v) is 8.12. The van der Waals surface area contributed by atoms with Gasteiger partial charge in [0.25, 0.3) is 5.56 Å². The fraction of sp³-hybridized carbons (Fsp3) is 0.292. The van der Waals surface area contributed by atoms with E-state index >= 15 is 0 Å². The van der Waals surface area contributed by atoms with Crippen molar-refractivity contribution >= 4 is 29.0 Å². The monoisotopic (exact) mass is 436 g/mol. The molecule has 1 fully saturated rings. The molecule has 0 saturated carbocycles. The van der Waals surface area contributed by atoms with Gasteiger partial charge >= 0.3 is 0 Å². The number of benzene rings is 2. The first-order chi connectivity index (χ1) is 15.0. The number of anilines is 2. The molecule has 0 spiro atoms. The second-order valence-electron chi connectivity index (χ2n) is 7.68. The molecule has 4 rings (SSSR count). The van der Waals surface area contributed by atoms with Crippen molar-refractivity contribution < 1.29 is 4.79 Å². The van der Waals surface area contributed by atoms with Crippen molar-refractivity contribution in [3.8, 4) is 5.69 Å². The smallest absolute Gasteiger partial charge is 0.271 e. The maximum Gasteiger partial charge on any atom is 0.271 e. The first-order valence-electron chi connectivity index (χ1n) is 10.5. The number of rotatable bonds is 5. The number of halogens is 1. The van der Waals surface area contributed by atoms with Crippen molar-refractivity contribution in [3.05, 3.63) is 81.6 Å². The number of carbonyl (C=O) groups excluding carboxylic acids is 1. The fourth-order valence-corrected chi connectivity index (χ4v) is 4.10. The Labute approximate surface area is 186 Å². The minimum atomic E-state index is -0.213. The highest BCUT2D eigenvalue weighted by Crippen LogP contribution is 2.24. The molecule has 1 aromatic heterocycles. The van der Waals surface area contributed by atoms with Crippen LogP contribution in [0.5, 0.6) is 0 Å². The number of piperidine rings is 1. The Hall–Kier alpha value is -3.12. The van der Waals surface area contributed by atoms with Gasteiger partial charge < -0.3 is 10.2 Å². The van der Waals surface area contributed by atoms with Gasteiger partial charge in [-0.3, -0.25) is 9.59 Å². The third-order valence-electron chi connectivity index (χ3n) is 5.68. The summed E-state index contributed by atoms with van der Waals surface area (Å²) in [6.45, 7) is 3.49. The van der Waals surface area contributed by atoms with Crippen LogP contribution < -0.4 is 15.8 Å². The SMILES string of the molecule is CCc1ccccc1NC(=O)C1CCN(c2ccc(=O)n(-c3cccc(Cl)c3)n2)CC1. The quantitative estimate of drug-likeness (QED) is 0.647. The zero-order chi connectivity index (χ0) is 21.8. The van der Waals surface area contributed by atoms with Crippen molar-refractivity contribution in [1.29, 1.82) is 0 Å². The Morgan fingerprint density at radius 1 is 1.10 bits per heavy atom. The van der Waals surface area contributed by atoms with Crippen molar-refractivity contribution in [2.45, 2.75) is 26.2 Å². The molecule has 7 heteroatoms. The number of hydrogen-bond acceptors (Lipinski definition) is 4. The van der Waals surface area contributed by atoms with Crippen LogP contribution in [0, 0.1) is 5.92 Å². The lowest BCUT2D eigenvalue weighted by Crippen LogP contribution is -2.39. The van der Waals surface area contributed by atoms with Crippen molar-refractivity contribution in [2.24, 2.45) is 5.92 Å². The van der Waals surface area contributed by atoms with E-state index in [4.69, 9.17) is 11.6 Å². The number of carbonyl (C=O) groups is 1. The molecule has 31 heavy (non-hydrogen) atoms. The molecular formula is C24H25ClN4O2. The van der Waals surface area contributed by atoms with Gasteiger partial charge in [-0.2, -0.15) is 4.68 Å². The highest BCUT2D eigenvalue weighted by molar-refractivity contribution is 6.30. The summed E-state index contributed by atoms with van der Waals surface area (Å²) in [5.41, 5.74) is 2.45. The van der Waals surface area contributed by atoms with E-state index in [1.807, 2.05) is 24.3 Å². The molecule has 0 radical (unpaired) electrons. The lowest BCUT2D eigenvalue weighted by atomic mass is 9.95. The third-order valence-corrected chi connectivity index (χ3v) is 5.92. The molecule has 1 amide bonds. The minimum Gasteiger partial charge on any atom is -0.355 e. The predicted molar refractivity (Wildman–Crippen MR) is 124 cm³/mol. The summed E-state index contributed by atoms with van der Waals surface area (Å²) >= 11 is 6.07. The van der Waals surface area contributed by atoms with Gasteiger partial charge in [0, 0.05) is 35.8 Å². The normalized spacial score (nSPS) is 14.5. The average molecular weight is 437 g/mol. The summed E-state index contributed by atoms with van der Waals surface area (Å²) in [5, 5.41) is 8.19. The van der Waals surface area contributed by atoms with Gasteiger partial charge in [-0.1, -0.05) is 42.8 Å². The molecule has 160 valence electrons. The molecule has 0 bridgehead atoms. The lowest BCUT2D eigenvalue weighted by molar-refractivity contribution is -0.120. The van der Waals surface area contributed by atoms with Crippen molar-refractivity contribution in [2.75, 3.05) is 23.3 Å². The number of aromatic nitrogens is 2. The van der Waals surface area contributed by atoms with Gasteiger partial charge in [-0.05, 0) is 55.2 Å². The summed E-state index contributed by atoms with van der Waals surface area (Å²) in [7, 11) is 0. The minimum absolute atomic E-state index is 0.0417. The summed E-state index contributed by atoms with van der Waals surface area (Å²) in [6.07, 6.45) is 2.35. The molecule has 1 aliphatic heterocycles. The maximum absolute atomic E-state index is 12.8. The summed E-state index contributed by atoms with van der Waals surface area (Å²) in [5.74, 6) is 0.743. The molecule has 3 aromatic rings. The number of para-hydroxylation sites is 1. The fourth-order valence-electron chi connectivity index (χ4n) is 3.92. The topological polar surface area (TPSA) is 67.2 Å². The van der Waals surface area contributed by atoms with E-state index in [-0.39, 0.29) is 17.4 Å². The predicted octanol–water partition coefficient (Wildman–Crippen LogP) is 4.30. The van der Waals surface area contributed by atoms with Crippen molar-refractivity contribution in [1.82, 2.24) is 9.78 Å². The molecule has 2 heterocycles. The molecule has 6 nitrogen and oxygen atoms in total. The second kappa shape index (κ2) is 9.35. The Morgan fingerprint density at radius 3 is 2.61 bits per heavy atom. The number of amides is 1. The van der Waals surface area contributed by atoms with E-state index in [9.17, 15) is 9.59 Å². The zero-order valence-corrected chi connectivity index (χ0v) is 18.2. The van der Waals surface area contributed by atoms with Crippen LogP contribution in [0.1, 0.15) is 25.3 Å². The Morgan fingerprint density at radius 2 is 1.87 bits per heavy atom. The van der Waals surface area contributed by atoms with Crippen LogP contribution >= 0.6 is 11.6 Å². The van der Waals surface area contributed by atoms with E-state index in [0.29, 0.717) is 23.8 Å². The molecule has 1 N–H and O–H groups in total. The zero-order valence-electron chi connectivity index (χ0n) is 17.4. The summed E-state index contributed by atoms with van der Waals surface area (Å²) in [6, 6.07) is 18.2. The lowest BCUT2D eigenvalue weighted by Gasteiger charge is -2.32. The van der Waals surface area contributed by atoms with Crippen LogP contribution in [-0.4, -0.2) is 28.8 Å². The van der Waals surface area contributed by atoms with Gasteiger partial charge in [-0.15, -0.1) is 5.10 Å². The van der Waals surface area contributed by atoms with E-state index < -0.39 is 0 Å². The van der Waals surface area contributed by atoms with E-state index in [1.54, 1.807) is 30.3 Å². The summed E-state index contributed by atoms with van der Waals surface area (Å²) in [4.78, 5) is 27.2. The van der Waals surface area contributed by atoms with Gasteiger partial charge in [0.2, 0.25) is 5.91 Å². The van der Waals surface area contributed by atoms with E-state index in [0.717, 1.165) is 36.3 Å². The van der Waals surface area contributed by atoms with Gasteiger partial charge in [-0.25, -0.2) is 0 Å². The molecular weight excluding hydrogens is 412 g/mol. The highest BCUT2D eigenvalue weighted by atomic mass is 35.5. The molecule has 1 aliphatic rings. The molecule has 1 saturated heterocycles. The standard InChI is InChI=1S/C24H25ClN4O2/c1-2-17-6-3-4-9-21(17)26-24(31)18-12-14-28(15-13-18)22-10-11-23(30)29(27-22)20-8-5-7-19(25)16-20/h3-11,16,18H,2,12-15H2,1H3,(H,26,31). The molecule has 2 aromatic carbocycles. The van der Waals surface area contributed by atoms with Gasteiger partial charge in [0.15, 0.2) is 0 Å². The highest BCUT2D eigenvalue weighted by Gasteiger charge is 2.26. The van der Waals surface area contributed by atoms with Crippen molar-refractivity contribution in [3.63, 3.8) is 0 Å². The first-order valence-corrected chi connectivity index (χ1v) is 10.9. The number of hydrogen-bond donors (Lipinski definition) is 1. The van der Waals surface area contributed by atoms with E-state index in [2.05, 4.69) is 22.2 Å². The van der Waals surface area contributed by atoms with E-state index in [1.165, 1.54) is 10.7 Å². The Balaban J connectivity index is 1.44. The van der Waals surface area contributed by atoms with Gasteiger partial charge in [0.1, 0.15) is 5.82 Å². The Kier molecular flexibility index (Phi) is 6.37. The van der Waals surface area contributed by atoms with Crippen LogP contribution in [-0.2, 0) is 11.2 Å². The number of nitrogens with one attached hydrogen (secondary N) is 1. The first kappa shape index (κ1) is 21.1. The van der Waals surface area contributed by atoms with Gasteiger partial charge in [0.05, 0.1) is 5.69 Å². The van der Waals surface area contributed by atoms with Crippen LogP contribution in [0.4, 0.5) is 11.5 Å². The molecule has 0 atom stereocenters.